The average Bonchev–Trinajstić information content (AvgIpc) is 2.80. The third kappa shape index (κ3) is 3.22. The Kier molecular flexibility index (Phi) is 4.89. The number of hydrogen-bond donors (Lipinski definition) is 0. The summed E-state index contributed by atoms with van der Waals surface area (Å²) >= 11 is 6.26. The summed E-state index contributed by atoms with van der Waals surface area (Å²) < 4.78 is 5.41. The summed E-state index contributed by atoms with van der Waals surface area (Å²) in [6.07, 6.45) is 1.98. The standard InChI is InChI=1S/C23H20ClN3O3/c24-17-7-6-16-14-25-27-21(18(16)12-17)20(22(28)26-8-10-30-11-9-26)13-19(23(27)29)15-4-2-1-3-5-15/h1-7,12,14,19H,8-11,13H2. The molecule has 1 atom stereocenters. The van der Waals surface area contributed by atoms with E-state index in [0.717, 1.165) is 16.7 Å². The van der Waals surface area contributed by atoms with E-state index in [1.54, 1.807) is 23.2 Å². The summed E-state index contributed by atoms with van der Waals surface area (Å²) in [5.41, 5.74) is 3.60. The molecule has 0 N–H and O–H groups in total. The number of carbonyl (C=O) groups excluding carboxylic acids is 2. The van der Waals surface area contributed by atoms with Gasteiger partial charge in [-0.3, -0.25) is 9.59 Å². The fraction of sp³-hybridized carbons (Fsp3) is 0.261. The van der Waals surface area contributed by atoms with Crippen molar-refractivity contribution in [3.8, 4) is 0 Å². The Morgan fingerprint density at radius 3 is 2.63 bits per heavy atom. The molecule has 0 saturated carbocycles. The van der Waals surface area contributed by atoms with Gasteiger partial charge in [0.15, 0.2) is 0 Å². The molecule has 0 aliphatic carbocycles. The molecule has 3 heterocycles. The Balaban J connectivity index is 1.66. The number of benzene rings is 2. The number of rotatable bonds is 2. The van der Waals surface area contributed by atoms with Crippen LogP contribution >= 0.6 is 11.6 Å². The van der Waals surface area contributed by atoms with Gasteiger partial charge in [-0.1, -0.05) is 48.0 Å². The minimum atomic E-state index is -0.465. The first-order valence-corrected chi connectivity index (χ1v) is 10.3. The summed E-state index contributed by atoms with van der Waals surface area (Å²) in [4.78, 5) is 28.8. The lowest BCUT2D eigenvalue weighted by Gasteiger charge is -2.37. The second-order valence-corrected chi connectivity index (χ2v) is 7.96. The molecule has 5 rings (SSSR count). The maximum absolute atomic E-state index is 13.6. The van der Waals surface area contributed by atoms with E-state index < -0.39 is 5.92 Å². The van der Waals surface area contributed by atoms with Crippen molar-refractivity contribution in [3.63, 3.8) is 0 Å². The van der Waals surface area contributed by atoms with Crippen molar-refractivity contribution in [2.24, 2.45) is 5.10 Å². The van der Waals surface area contributed by atoms with Crippen LogP contribution < -0.4 is 0 Å². The van der Waals surface area contributed by atoms with E-state index in [1.165, 1.54) is 5.01 Å². The van der Waals surface area contributed by atoms with Gasteiger partial charge < -0.3 is 9.64 Å². The number of morpholine rings is 1. The van der Waals surface area contributed by atoms with Gasteiger partial charge in [-0.2, -0.15) is 10.1 Å². The molecule has 7 heteroatoms. The first-order valence-electron chi connectivity index (χ1n) is 9.96. The van der Waals surface area contributed by atoms with Crippen LogP contribution in [0.3, 0.4) is 0 Å². The summed E-state index contributed by atoms with van der Waals surface area (Å²) in [6, 6.07) is 15.0. The van der Waals surface area contributed by atoms with Crippen molar-refractivity contribution in [2.75, 3.05) is 26.3 Å². The normalized spacial score (nSPS) is 20.8. The molecule has 0 bridgehead atoms. The molecule has 1 unspecified atom stereocenters. The van der Waals surface area contributed by atoms with Gasteiger partial charge in [0.2, 0.25) is 0 Å². The highest BCUT2D eigenvalue weighted by Crippen LogP contribution is 2.42. The Morgan fingerprint density at radius 2 is 1.87 bits per heavy atom. The van der Waals surface area contributed by atoms with Crippen molar-refractivity contribution >= 4 is 35.3 Å². The lowest BCUT2D eigenvalue weighted by Crippen LogP contribution is -2.45. The van der Waals surface area contributed by atoms with Gasteiger partial charge in [-0.05, 0) is 24.1 Å². The lowest BCUT2D eigenvalue weighted by atomic mass is 9.83. The number of hydrazone groups is 1. The highest BCUT2D eigenvalue weighted by Gasteiger charge is 2.41. The Morgan fingerprint density at radius 1 is 1.10 bits per heavy atom. The SMILES string of the molecule is O=C(C1=C2c3cc(Cl)ccc3C=NN2C(=O)C(c2ccccc2)C1)N1CCOCC1. The van der Waals surface area contributed by atoms with Crippen molar-refractivity contribution in [2.45, 2.75) is 12.3 Å². The average molecular weight is 422 g/mol. The van der Waals surface area contributed by atoms with Crippen LogP contribution in [-0.4, -0.2) is 54.2 Å². The van der Waals surface area contributed by atoms with Gasteiger partial charge in [-0.25, -0.2) is 0 Å². The van der Waals surface area contributed by atoms with E-state index in [2.05, 4.69) is 5.10 Å². The zero-order valence-electron chi connectivity index (χ0n) is 16.3. The van der Waals surface area contributed by atoms with Crippen LogP contribution in [0.4, 0.5) is 0 Å². The molecule has 2 amide bonds. The first kappa shape index (κ1) is 19.0. The first-order chi connectivity index (χ1) is 14.6. The van der Waals surface area contributed by atoms with Crippen LogP contribution in [-0.2, 0) is 14.3 Å². The maximum Gasteiger partial charge on any atom is 0.255 e. The Labute approximate surface area is 179 Å². The number of halogens is 1. The highest BCUT2D eigenvalue weighted by molar-refractivity contribution is 6.31. The van der Waals surface area contributed by atoms with Gasteiger partial charge in [0.05, 0.1) is 31.0 Å². The van der Waals surface area contributed by atoms with Crippen LogP contribution in [0, 0.1) is 0 Å². The molecule has 6 nitrogen and oxygen atoms in total. The second kappa shape index (κ2) is 7.70. The molecule has 152 valence electrons. The van der Waals surface area contributed by atoms with E-state index in [9.17, 15) is 9.59 Å². The zero-order chi connectivity index (χ0) is 20.7. The topological polar surface area (TPSA) is 62.2 Å². The highest BCUT2D eigenvalue weighted by atomic mass is 35.5. The van der Waals surface area contributed by atoms with Crippen molar-refractivity contribution in [1.29, 1.82) is 0 Å². The molecule has 1 fully saturated rings. The third-order valence-electron chi connectivity index (χ3n) is 5.75. The van der Waals surface area contributed by atoms with E-state index in [0.29, 0.717) is 49.0 Å². The quantitative estimate of drug-likeness (QED) is 0.747. The molecule has 0 radical (unpaired) electrons. The molecule has 3 aliphatic heterocycles. The summed E-state index contributed by atoms with van der Waals surface area (Å²) in [5, 5.41) is 6.35. The summed E-state index contributed by atoms with van der Waals surface area (Å²) in [6.45, 7) is 2.09. The van der Waals surface area contributed by atoms with Crippen molar-refractivity contribution < 1.29 is 14.3 Å². The molecule has 2 aromatic carbocycles. The molecule has 30 heavy (non-hydrogen) atoms. The predicted octanol–water partition coefficient (Wildman–Crippen LogP) is 3.27. The molecule has 2 aromatic rings. The molecule has 0 aromatic heterocycles. The van der Waals surface area contributed by atoms with E-state index in [-0.39, 0.29) is 11.8 Å². The van der Waals surface area contributed by atoms with E-state index in [4.69, 9.17) is 16.3 Å². The number of carbonyl (C=O) groups is 2. The van der Waals surface area contributed by atoms with Gasteiger partial charge in [0.1, 0.15) is 0 Å². The Bertz CT molecular complexity index is 1070. The van der Waals surface area contributed by atoms with E-state index in [1.807, 2.05) is 36.4 Å². The van der Waals surface area contributed by atoms with Crippen LogP contribution in [0.5, 0.6) is 0 Å². The van der Waals surface area contributed by atoms with Crippen LogP contribution in [0.15, 0.2) is 59.2 Å². The largest absolute Gasteiger partial charge is 0.378 e. The number of hydrogen-bond acceptors (Lipinski definition) is 4. The maximum atomic E-state index is 13.6. The van der Waals surface area contributed by atoms with Gasteiger partial charge in [-0.15, -0.1) is 0 Å². The number of ether oxygens (including phenoxy) is 1. The summed E-state index contributed by atoms with van der Waals surface area (Å²) in [5.74, 6) is -0.681. The third-order valence-corrected chi connectivity index (χ3v) is 5.99. The lowest BCUT2D eigenvalue weighted by molar-refractivity contribution is -0.133. The fourth-order valence-corrected chi connectivity index (χ4v) is 4.39. The molecular formula is C23H20ClN3O3. The number of amides is 2. The summed E-state index contributed by atoms with van der Waals surface area (Å²) in [7, 11) is 0. The van der Waals surface area contributed by atoms with Crippen molar-refractivity contribution in [1.82, 2.24) is 9.91 Å². The monoisotopic (exact) mass is 421 g/mol. The number of nitrogens with zero attached hydrogens (tertiary/aromatic N) is 3. The molecule has 0 spiro atoms. The smallest absolute Gasteiger partial charge is 0.255 e. The molecular weight excluding hydrogens is 402 g/mol. The molecule has 1 saturated heterocycles. The van der Waals surface area contributed by atoms with E-state index >= 15 is 0 Å². The number of fused-ring (bicyclic) bond motifs is 3. The minimum Gasteiger partial charge on any atom is -0.378 e. The predicted molar refractivity (Wildman–Crippen MR) is 114 cm³/mol. The van der Waals surface area contributed by atoms with Crippen LogP contribution in [0.25, 0.3) is 5.70 Å². The fourth-order valence-electron chi connectivity index (χ4n) is 4.22. The zero-order valence-corrected chi connectivity index (χ0v) is 17.0. The van der Waals surface area contributed by atoms with Crippen molar-refractivity contribution in [3.05, 3.63) is 75.8 Å². The molecule has 3 aliphatic rings. The van der Waals surface area contributed by atoms with Gasteiger partial charge in [0, 0.05) is 34.8 Å². The second-order valence-electron chi connectivity index (χ2n) is 7.53. The minimum absolute atomic E-state index is 0.0743. The van der Waals surface area contributed by atoms with Crippen LogP contribution in [0.1, 0.15) is 29.0 Å². The van der Waals surface area contributed by atoms with Crippen LogP contribution in [0.2, 0.25) is 5.02 Å². The Hall–Kier alpha value is -2.96. The van der Waals surface area contributed by atoms with Gasteiger partial charge >= 0.3 is 0 Å². The van der Waals surface area contributed by atoms with Gasteiger partial charge in [0.25, 0.3) is 11.8 Å².